The first-order valence-corrected chi connectivity index (χ1v) is 7.50. The van der Waals surface area contributed by atoms with Crippen LogP contribution >= 0.6 is 0 Å². The van der Waals surface area contributed by atoms with Gasteiger partial charge in [-0.15, -0.1) is 0 Å². The highest BCUT2D eigenvalue weighted by Crippen LogP contribution is 2.22. The maximum absolute atomic E-state index is 3.49. The highest BCUT2D eigenvalue weighted by Gasteiger charge is 2.08. The van der Waals surface area contributed by atoms with Crippen molar-refractivity contribution in [3.05, 3.63) is 90.8 Å². The number of aromatic nitrogens is 2. The van der Waals surface area contributed by atoms with E-state index in [4.69, 9.17) is 0 Å². The number of rotatable bonds is 3. The van der Waals surface area contributed by atoms with E-state index in [9.17, 15) is 0 Å². The van der Waals surface area contributed by atoms with Crippen molar-refractivity contribution in [1.82, 2.24) is 4.98 Å². The van der Waals surface area contributed by atoms with Crippen LogP contribution in [0.25, 0.3) is 22.2 Å². The number of nitrogens with zero attached hydrogens (tertiary/aromatic N) is 1. The van der Waals surface area contributed by atoms with Gasteiger partial charge in [-0.3, -0.25) is 0 Å². The van der Waals surface area contributed by atoms with Crippen molar-refractivity contribution < 1.29 is 21.5 Å². The molecule has 4 aromatic rings. The number of halogens is 1. The van der Waals surface area contributed by atoms with E-state index in [0.29, 0.717) is 0 Å². The van der Waals surface area contributed by atoms with Crippen molar-refractivity contribution in [2.75, 3.05) is 0 Å². The molecule has 2 aromatic carbocycles. The Morgan fingerprint density at radius 3 is 2.43 bits per heavy atom. The molecule has 0 spiro atoms. The van der Waals surface area contributed by atoms with E-state index < -0.39 is 0 Å². The maximum Gasteiger partial charge on any atom is 0.178 e. The van der Waals surface area contributed by atoms with E-state index in [1.165, 1.54) is 22.0 Å². The van der Waals surface area contributed by atoms with Crippen LogP contribution < -0.4 is 21.5 Å². The molecular formula is C20H17BrN2. The van der Waals surface area contributed by atoms with E-state index in [1.54, 1.807) is 0 Å². The summed E-state index contributed by atoms with van der Waals surface area (Å²) in [6.45, 7) is 0.884. The smallest absolute Gasteiger partial charge is 0.178 e. The second-order valence-corrected chi connectivity index (χ2v) is 5.52. The van der Waals surface area contributed by atoms with Gasteiger partial charge in [0.2, 0.25) is 0 Å². The van der Waals surface area contributed by atoms with Crippen LogP contribution in [0.2, 0.25) is 0 Å². The Morgan fingerprint density at radius 2 is 1.61 bits per heavy atom. The van der Waals surface area contributed by atoms with Gasteiger partial charge in [0.25, 0.3) is 0 Å². The highest BCUT2D eigenvalue weighted by atomic mass is 79.9. The lowest BCUT2D eigenvalue weighted by Crippen LogP contribution is -3.00. The molecular weight excluding hydrogens is 348 g/mol. The summed E-state index contributed by atoms with van der Waals surface area (Å²) in [4.78, 5) is 3.49. The van der Waals surface area contributed by atoms with Gasteiger partial charge >= 0.3 is 0 Å². The first-order chi connectivity index (χ1) is 10.9. The molecule has 0 radical (unpaired) electrons. The fraction of sp³-hybridized carbons (Fsp3) is 0.0500. The number of hydrogen-bond acceptors (Lipinski definition) is 0. The van der Waals surface area contributed by atoms with E-state index >= 15 is 0 Å². The summed E-state index contributed by atoms with van der Waals surface area (Å²) in [6, 6.07) is 25.3. The minimum Gasteiger partial charge on any atom is -1.00 e. The Morgan fingerprint density at radius 1 is 0.826 bits per heavy atom. The third-order valence-corrected chi connectivity index (χ3v) is 3.91. The van der Waals surface area contributed by atoms with Crippen LogP contribution in [-0.4, -0.2) is 4.98 Å². The van der Waals surface area contributed by atoms with Gasteiger partial charge in [-0.05, 0) is 18.2 Å². The van der Waals surface area contributed by atoms with Crippen molar-refractivity contribution in [3.63, 3.8) is 0 Å². The summed E-state index contributed by atoms with van der Waals surface area (Å²) in [5, 5.41) is 1.25. The van der Waals surface area contributed by atoms with Crippen LogP contribution in [0.1, 0.15) is 5.56 Å². The lowest BCUT2D eigenvalue weighted by Gasteiger charge is -2.00. The molecule has 2 aromatic heterocycles. The van der Waals surface area contributed by atoms with Crippen molar-refractivity contribution >= 4 is 10.9 Å². The maximum atomic E-state index is 3.49. The molecule has 0 fully saturated rings. The molecule has 4 rings (SSSR count). The number of hydrogen-bond donors (Lipinski definition) is 1. The zero-order chi connectivity index (χ0) is 14.8. The molecule has 0 unspecified atom stereocenters. The Labute approximate surface area is 146 Å². The lowest BCUT2D eigenvalue weighted by molar-refractivity contribution is -0.687. The Balaban J connectivity index is 0.00000156. The van der Waals surface area contributed by atoms with Gasteiger partial charge < -0.3 is 22.0 Å². The number of benzene rings is 2. The number of para-hydroxylation sites is 1. The fourth-order valence-electron chi connectivity index (χ4n) is 2.80. The number of nitrogens with one attached hydrogen (secondary N) is 1. The predicted octanol–water partition coefficient (Wildman–Crippen LogP) is 1.17. The Kier molecular flexibility index (Phi) is 4.58. The van der Waals surface area contributed by atoms with Crippen LogP contribution in [0.5, 0.6) is 0 Å². The topological polar surface area (TPSA) is 19.7 Å². The van der Waals surface area contributed by atoms with Crippen LogP contribution in [0.4, 0.5) is 0 Å². The molecule has 0 aliphatic rings. The molecule has 0 saturated carbocycles. The molecule has 2 heterocycles. The molecule has 114 valence electrons. The molecule has 0 amide bonds. The highest BCUT2D eigenvalue weighted by molar-refractivity contribution is 5.85. The van der Waals surface area contributed by atoms with E-state index in [2.05, 4.69) is 94.7 Å². The quantitative estimate of drug-likeness (QED) is 0.526. The standard InChI is InChI=1S/C20H17N2.BrH/c1-2-7-16(8-3-1)14-22-12-6-10-18(15-22)20-13-17-9-4-5-11-19(17)21-20;/h1-13,15,21H,14H2;1H/q+1;/p-1. The summed E-state index contributed by atoms with van der Waals surface area (Å²) < 4.78 is 2.22. The largest absolute Gasteiger partial charge is 1.00 e. The summed E-state index contributed by atoms with van der Waals surface area (Å²) in [5.41, 5.74) is 4.84. The average molecular weight is 365 g/mol. The second-order valence-electron chi connectivity index (χ2n) is 5.52. The zero-order valence-corrected chi connectivity index (χ0v) is 14.2. The van der Waals surface area contributed by atoms with Gasteiger partial charge in [-0.25, -0.2) is 4.57 Å². The first kappa shape index (κ1) is 15.5. The van der Waals surface area contributed by atoms with Crippen molar-refractivity contribution in [2.45, 2.75) is 6.54 Å². The summed E-state index contributed by atoms with van der Waals surface area (Å²) >= 11 is 0. The fourth-order valence-corrected chi connectivity index (χ4v) is 2.80. The monoisotopic (exact) mass is 364 g/mol. The zero-order valence-electron chi connectivity index (χ0n) is 12.6. The van der Waals surface area contributed by atoms with Gasteiger partial charge in [0.05, 0.1) is 11.3 Å². The van der Waals surface area contributed by atoms with Crippen LogP contribution in [0, 0.1) is 0 Å². The number of pyridine rings is 1. The molecule has 0 atom stereocenters. The van der Waals surface area contributed by atoms with Crippen molar-refractivity contribution in [2.24, 2.45) is 0 Å². The first-order valence-electron chi connectivity index (χ1n) is 7.50. The predicted molar refractivity (Wildman–Crippen MR) is 89.5 cm³/mol. The number of fused-ring (bicyclic) bond motifs is 1. The van der Waals surface area contributed by atoms with Crippen LogP contribution in [-0.2, 0) is 6.54 Å². The molecule has 0 saturated heterocycles. The summed E-state index contributed by atoms with van der Waals surface area (Å²) in [7, 11) is 0. The summed E-state index contributed by atoms with van der Waals surface area (Å²) in [6.07, 6.45) is 4.30. The van der Waals surface area contributed by atoms with Gasteiger partial charge in [-0.1, -0.05) is 48.5 Å². The Hall–Kier alpha value is -2.39. The average Bonchev–Trinajstić information content (AvgIpc) is 3.00. The molecule has 0 aliphatic heterocycles. The Bertz CT molecular complexity index is 880. The molecule has 23 heavy (non-hydrogen) atoms. The minimum absolute atomic E-state index is 0. The number of aromatic amines is 1. The number of H-pyrrole nitrogens is 1. The van der Waals surface area contributed by atoms with Gasteiger partial charge in [0, 0.05) is 22.5 Å². The van der Waals surface area contributed by atoms with E-state index in [0.717, 1.165) is 12.2 Å². The third kappa shape index (κ3) is 3.35. The normalized spacial score (nSPS) is 10.4. The molecule has 0 bridgehead atoms. The molecule has 0 aliphatic carbocycles. The second kappa shape index (κ2) is 6.80. The summed E-state index contributed by atoms with van der Waals surface area (Å²) in [5.74, 6) is 0. The van der Waals surface area contributed by atoms with Crippen LogP contribution in [0.15, 0.2) is 85.2 Å². The minimum atomic E-state index is 0. The molecule has 3 heteroatoms. The lowest BCUT2D eigenvalue weighted by atomic mass is 10.2. The van der Waals surface area contributed by atoms with Gasteiger partial charge in [-0.2, -0.15) is 0 Å². The molecule has 1 N–H and O–H groups in total. The van der Waals surface area contributed by atoms with E-state index in [-0.39, 0.29) is 17.0 Å². The van der Waals surface area contributed by atoms with Crippen molar-refractivity contribution in [1.29, 1.82) is 0 Å². The van der Waals surface area contributed by atoms with Gasteiger partial charge in [0.15, 0.2) is 18.9 Å². The van der Waals surface area contributed by atoms with Crippen LogP contribution in [0.3, 0.4) is 0 Å². The van der Waals surface area contributed by atoms with Gasteiger partial charge in [0.1, 0.15) is 0 Å². The van der Waals surface area contributed by atoms with E-state index in [1.807, 2.05) is 0 Å². The van der Waals surface area contributed by atoms with Crippen molar-refractivity contribution in [3.8, 4) is 11.3 Å². The SMILES string of the molecule is [Br-].c1ccc(C[n+]2cccc(-c3cc4ccccc4[nH]3)c2)cc1. The third-order valence-electron chi connectivity index (χ3n) is 3.91. The molecule has 2 nitrogen and oxygen atoms in total.